The molecule has 0 unspecified atom stereocenters. The fraction of sp³-hybridized carbons (Fsp3) is 0.350. The molecule has 2 rings (SSSR count). The standard InChI is InChI=1S/C20H28N4O2S2.HI/c1-5-21-20(24(2)15-16-10-12-18(27-3)13-11-16)22-14-17-8-6-7-9-19(17)23-28(4,25)26;/h6-13,23H,5,14-15H2,1-4H3,(H,21,22);1H. The maximum Gasteiger partial charge on any atom is 0.229 e. The van der Waals surface area contributed by atoms with E-state index in [9.17, 15) is 8.42 Å². The first kappa shape index (κ1) is 25.6. The predicted molar refractivity (Wildman–Crippen MR) is 135 cm³/mol. The van der Waals surface area contributed by atoms with Gasteiger partial charge in [0, 0.05) is 25.0 Å². The van der Waals surface area contributed by atoms with E-state index < -0.39 is 10.0 Å². The Morgan fingerprint density at radius 2 is 1.79 bits per heavy atom. The van der Waals surface area contributed by atoms with Gasteiger partial charge in [-0.1, -0.05) is 30.3 Å². The van der Waals surface area contributed by atoms with E-state index in [4.69, 9.17) is 4.99 Å². The summed E-state index contributed by atoms with van der Waals surface area (Å²) in [7, 11) is -1.35. The number of halogens is 1. The van der Waals surface area contributed by atoms with Crippen LogP contribution in [0.15, 0.2) is 58.4 Å². The first-order valence-electron chi connectivity index (χ1n) is 9.00. The van der Waals surface area contributed by atoms with E-state index in [-0.39, 0.29) is 24.0 Å². The lowest BCUT2D eigenvalue weighted by Crippen LogP contribution is -2.38. The van der Waals surface area contributed by atoms with Crippen LogP contribution in [0.1, 0.15) is 18.1 Å². The lowest BCUT2D eigenvalue weighted by atomic mass is 10.2. The van der Waals surface area contributed by atoms with Crippen LogP contribution >= 0.6 is 35.7 Å². The normalized spacial score (nSPS) is 11.5. The van der Waals surface area contributed by atoms with E-state index in [0.29, 0.717) is 12.2 Å². The minimum Gasteiger partial charge on any atom is -0.357 e. The number of para-hydroxylation sites is 1. The Bertz CT molecular complexity index is 903. The molecule has 29 heavy (non-hydrogen) atoms. The number of rotatable bonds is 8. The van der Waals surface area contributed by atoms with E-state index >= 15 is 0 Å². The Morgan fingerprint density at radius 3 is 2.38 bits per heavy atom. The third kappa shape index (κ3) is 8.83. The maximum absolute atomic E-state index is 11.6. The summed E-state index contributed by atoms with van der Waals surface area (Å²) in [4.78, 5) is 7.99. The zero-order chi connectivity index (χ0) is 20.6. The molecule has 0 fully saturated rings. The first-order chi connectivity index (χ1) is 13.3. The molecular formula is C20H29IN4O2S2. The van der Waals surface area contributed by atoms with Gasteiger partial charge in [0.2, 0.25) is 10.0 Å². The van der Waals surface area contributed by atoms with E-state index in [1.165, 1.54) is 10.5 Å². The molecule has 0 saturated carbocycles. The highest BCUT2D eigenvalue weighted by Crippen LogP contribution is 2.18. The van der Waals surface area contributed by atoms with Crippen LogP contribution in [0.2, 0.25) is 0 Å². The van der Waals surface area contributed by atoms with Gasteiger partial charge in [-0.3, -0.25) is 4.72 Å². The van der Waals surface area contributed by atoms with Crippen molar-refractivity contribution in [2.24, 2.45) is 4.99 Å². The van der Waals surface area contributed by atoms with E-state index in [1.807, 2.05) is 26.1 Å². The molecule has 0 aromatic heterocycles. The Morgan fingerprint density at radius 1 is 1.14 bits per heavy atom. The molecular weight excluding hydrogens is 519 g/mol. The summed E-state index contributed by atoms with van der Waals surface area (Å²) in [5.74, 6) is 0.769. The molecule has 0 aliphatic rings. The van der Waals surface area contributed by atoms with Crippen LogP contribution in [0.4, 0.5) is 5.69 Å². The molecule has 0 heterocycles. The predicted octanol–water partition coefficient (Wildman–Crippen LogP) is 4.00. The molecule has 9 heteroatoms. The lowest BCUT2D eigenvalue weighted by Gasteiger charge is -2.22. The minimum absolute atomic E-state index is 0. The summed E-state index contributed by atoms with van der Waals surface area (Å²) >= 11 is 1.72. The molecule has 0 radical (unpaired) electrons. The number of nitrogens with one attached hydrogen (secondary N) is 2. The van der Waals surface area contributed by atoms with E-state index in [2.05, 4.69) is 45.5 Å². The second kappa shape index (κ2) is 12.3. The summed E-state index contributed by atoms with van der Waals surface area (Å²) in [6.07, 6.45) is 3.21. The number of nitrogens with zero attached hydrogens (tertiary/aromatic N) is 2. The number of aliphatic imine (C=N–C) groups is 1. The smallest absolute Gasteiger partial charge is 0.229 e. The van der Waals surface area contributed by atoms with Crippen LogP contribution in [-0.4, -0.2) is 45.4 Å². The average molecular weight is 549 g/mol. The molecule has 160 valence electrons. The van der Waals surface area contributed by atoms with Gasteiger partial charge in [0.05, 0.1) is 18.5 Å². The molecule has 0 amide bonds. The molecule has 0 spiro atoms. The van der Waals surface area contributed by atoms with Crippen molar-refractivity contribution in [1.29, 1.82) is 0 Å². The number of guanidine groups is 1. The number of sulfonamides is 1. The van der Waals surface area contributed by atoms with Crippen LogP contribution in [0, 0.1) is 0 Å². The number of thioether (sulfide) groups is 1. The summed E-state index contributed by atoms with van der Waals surface area (Å²) in [6.45, 7) is 3.87. The van der Waals surface area contributed by atoms with Gasteiger partial charge in [-0.05, 0) is 42.5 Å². The van der Waals surface area contributed by atoms with Crippen LogP contribution in [0.25, 0.3) is 0 Å². The van der Waals surface area contributed by atoms with Crippen molar-refractivity contribution < 1.29 is 8.42 Å². The van der Waals surface area contributed by atoms with Crippen molar-refractivity contribution in [2.45, 2.75) is 24.9 Å². The second-order valence-electron chi connectivity index (χ2n) is 6.41. The first-order valence-corrected chi connectivity index (χ1v) is 12.1. The van der Waals surface area contributed by atoms with Crippen molar-refractivity contribution >= 4 is 57.4 Å². The van der Waals surface area contributed by atoms with Gasteiger partial charge in [-0.25, -0.2) is 13.4 Å². The Labute approximate surface area is 195 Å². The quantitative estimate of drug-likeness (QED) is 0.226. The highest BCUT2D eigenvalue weighted by Gasteiger charge is 2.09. The summed E-state index contributed by atoms with van der Waals surface area (Å²) in [5, 5.41) is 3.30. The Balaban J connectivity index is 0.00000420. The molecule has 2 aromatic carbocycles. The molecule has 0 bridgehead atoms. The van der Waals surface area contributed by atoms with Crippen LogP contribution in [0.3, 0.4) is 0 Å². The Kier molecular flexibility index (Phi) is 10.8. The Hall–Kier alpha value is -1.46. The monoisotopic (exact) mass is 548 g/mol. The number of hydrogen-bond donors (Lipinski definition) is 2. The largest absolute Gasteiger partial charge is 0.357 e. The number of benzene rings is 2. The zero-order valence-corrected chi connectivity index (χ0v) is 21.1. The van der Waals surface area contributed by atoms with Gasteiger partial charge in [0.25, 0.3) is 0 Å². The number of anilines is 1. The average Bonchev–Trinajstić information content (AvgIpc) is 2.65. The van der Waals surface area contributed by atoms with Crippen molar-refractivity contribution in [1.82, 2.24) is 10.2 Å². The highest BCUT2D eigenvalue weighted by molar-refractivity contribution is 14.0. The lowest BCUT2D eigenvalue weighted by molar-refractivity contribution is 0.476. The van der Waals surface area contributed by atoms with Crippen LogP contribution < -0.4 is 10.0 Å². The SMILES string of the molecule is CCNC(=NCc1ccccc1NS(C)(=O)=O)N(C)Cc1ccc(SC)cc1.I. The molecule has 6 nitrogen and oxygen atoms in total. The van der Waals surface area contributed by atoms with E-state index in [1.54, 1.807) is 23.9 Å². The van der Waals surface area contributed by atoms with Crippen molar-refractivity contribution in [3.05, 3.63) is 59.7 Å². The van der Waals surface area contributed by atoms with Gasteiger partial charge >= 0.3 is 0 Å². The van der Waals surface area contributed by atoms with Gasteiger partial charge < -0.3 is 10.2 Å². The van der Waals surface area contributed by atoms with Crippen LogP contribution in [-0.2, 0) is 23.1 Å². The molecule has 0 atom stereocenters. The third-order valence-electron chi connectivity index (χ3n) is 3.99. The fourth-order valence-corrected chi connectivity index (χ4v) is 3.67. The number of hydrogen-bond acceptors (Lipinski definition) is 4. The molecule has 0 aliphatic carbocycles. The van der Waals surface area contributed by atoms with Crippen molar-refractivity contribution in [3.8, 4) is 0 Å². The van der Waals surface area contributed by atoms with Crippen LogP contribution in [0.5, 0.6) is 0 Å². The third-order valence-corrected chi connectivity index (χ3v) is 5.32. The molecule has 2 N–H and O–H groups in total. The summed E-state index contributed by atoms with van der Waals surface area (Å²) in [5.41, 5.74) is 2.58. The topological polar surface area (TPSA) is 73.8 Å². The van der Waals surface area contributed by atoms with Gasteiger partial charge in [0.15, 0.2) is 5.96 Å². The zero-order valence-electron chi connectivity index (χ0n) is 17.2. The van der Waals surface area contributed by atoms with Gasteiger partial charge in [-0.15, -0.1) is 35.7 Å². The molecule has 2 aromatic rings. The molecule has 0 saturated heterocycles. The fourth-order valence-electron chi connectivity index (χ4n) is 2.67. The van der Waals surface area contributed by atoms with Gasteiger partial charge in [0.1, 0.15) is 0 Å². The van der Waals surface area contributed by atoms with Gasteiger partial charge in [-0.2, -0.15) is 0 Å². The van der Waals surface area contributed by atoms with Crippen molar-refractivity contribution in [3.63, 3.8) is 0 Å². The minimum atomic E-state index is -3.34. The van der Waals surface area contributed by atoms with E-state index in [0.717, 1.165) is 30.9 Å². The second-order valence-corrected chi connectivity index (χ2v) is 9.03. The summed E-state index contributed by atoms with van der Waals surface area (Å²) in [6, 6.07) is 15.8. The van der Waals surface area contributed by atoms with Crippen molar-refractivity contribution in [2.75, 3.05) is 30.8 Å². The summed E-state index contributed by atoms with van der Waals surface area (Å²) < 4.78 is 25.7. The molecule has 0 aliphatic heterocycles. The highest BCUT2D eigenvalue weighted by atomic mass is 127. The maximum atomic E-state index is 11.6.